The summed E-state index contributed by atoms with van der Waals surface area (Å²) in [5.41, 5.74) is 7.96. The quantitative estimate of drug-likeness (QED) is 0.370. The van der Waals surface area contributed by atoms with Gasteiger partial charge in [-0.05, 0) is 25.8 Å². The van der Waals surface area contributed by atoms with E-state index in [1.165, 1.54) is 4.52 Å². The maximum Gasteiger partial charge on any atom is 0.222 e. The molecule has 3 heterocycles. The van der Waals surface area contributed by atoms with Crippen LogP contribution in [0.3, 0.4) is 0 Å². The molecule has 0 aromatic carbocycles. The molecule has 1 saturated carbocycles. The molecule has 5 N–H and O–H groups in total. The lowest BCUT2D eigenvalue weighted by molar-refractivity contribution is -0.121. The Bertz CT molecular complexity index is 1210. The summed E-state index contributed by atoms with van der Waals surface area (Å²) in [6.45, 7) is 2.56. The molecule has 11 nitrogen and oxygen atoms in total. The monoisotopic (exact) mass is 457 g/mol. The van der Waals surface area contributed by atoms with E-state index in [4.69, 9.17) is 22.4 Å². The number of aliphatic hydroxyl groups excluding tert-OH is 1. The zero-order valence-electron chi connectivity index (χ0n) is 17.6. The number of nitriles is 1. The third-order valence-corrected chi connectivity index (χ3v) is 6.04. The number of nitrogen functional groups attached to an aromatic ring is 1. The molecule has 0 radical (unpaired) electrons. The number of anilines is 2. The van der Waals surface area contributed by atoms with Gasteiger partial charge in [0.2, 0.25) is 5.91 Å². The van der Waals surface area contributed by atoms with Crippen molar-refractivity contribution in [2.24, 2.45) is 0 Å². The molecule has 1 aliphatic rings. The predicted octanol–water partition coefficient (Wildman–Crippen LogP) is 0.984. The molecule has 0 saturated heterocycles. The molecule has 1 fully saturated rings. The molecule has 0 unspecified atom stereocenters. The summed E-state index contributed by atoms with van der Waals surface area (Å²) in [6.07, 6.45) is 4.49. The zero-order valence-corrected chi connectivity index (χ0v) is 18.4. The lowest BCUT2D eigenvalue weighted by atomic mass is 10.2. The van der Waals surface area contributed by atoms with Crippen LogP contribution in [-0.4, -0.2) is 55.1 Å². The Morgan fingerprint density at radius 1 is 1.44 bits per heavy atom. The van der Waals surface area contributed by atoms with Crippen molar-refractivity contribution in [2.75, 3.05) is 30.7 Å². The van der Waals surface area contributed by atoms with Crippen molar-refractivity contribution in [1.29, 1.82) is 5.26 Å². The number of amides is 1. The Labute approximate surface area is 189 Å². The van der Waals surface area contributed by atoms with Crippen molar-refractivity contribution in [3.05, 3.63) is 34.2 Å². The van der Waals surface area contributed by atoms with Crippen molar-refractivity contribution in [3.8, 4) is 6.07 Å². The normalized spacial score (nSPS) is 14.3. The zero-order chi connectivity index (χ0) is 22.9. The van der Waals surface area contributed by atoms with Crippen LogP contribution in [0.25, 0.3) is 5.65 Å². The molecule has 0 aliphatic heterocycles. The number of rotatable bonds is 9. The number of nitrogens with one attached hydrogen (secondary N) is 2. The summed E-state index contributed by atoms with van der Waals surface area (Å²) in [6, 6.07) is 4.01. The fraction of sp³-hybridized carbons (Fsp3) is 0.450. The summed E-state index contributed by atoms with van der Waals surface area (Å²) >= 11 is 6.26. The summed E-state index contributed by atoms with van der Waals surface area (Å²) in [5, 5.41) is 33.7. The first-order valence-electron chi connectivity index (χ1n) is 10.3. The highest BCUT2D eigenvalue weighted by Crippen LogP contribution is 2.42. The van der Waals surface area contributed by atoms with Gasteiger partial charge in [0.05, 0.1) is 23.5 Å². The first-order valence-corrected chi connectivity index (χ1v) is 10.7. The van der Waals surface area contributed by atoms with Crippen LogP contribution in [0.4, 0.5) is 11.6 Å². The van der Waals surface area contributed by atoms with Gasteiger partial charge in [0.15, 0.2) is 5.65 Å². The Morgan fingerprint density at radius 2 is 2.22 bits per heavy atom. The van der Waals surface area contributed by atoms with E-state index in [1.807, 2.05) is 16.9 Å². The number of fused-ring (bicyclic) bond motifs is 1. The van der Waals surface area contributed by atoms with Crippen LogP contribution in [0.15, 0.2) is 12.3 Å². The largest absolute Gasteiger partial charge is 0.396 e. The second kappa shape index (κ2) is 8.64. The highest BCUT2D eigenvalue weighted by atomic mass is 35.5. The topological polar surface area (TPSA) is 159 Å². The van der Waals surface area contributed by atoms with Crippen molar-refractivity contribution in [2.45, 2.75) is 38.1 Å². The first kappa shape index (κ1) is 21.9. The molecule has 168 valence electrons. The molecule has 1 amide bonds. The Kier molecular flexibility index (Phi) is 5.90. The summed E-state index contributed by atoms with van der Waals surface area (Å²) in [5.74, 6) is 0.364. The SMILES string of the molecule is Cc1nn2c(N)c(C#N)c(NCCc3ccn(C4(CNC(=O)CCO)CC4)n3)nc2c1Cl. The van der Waals surface area contributed by atoms with Gasteiger partial charge in [-0.2, -0.15) is 20.0 Å². The number of nitrogens with zero attached hydrogens (tertiary/aromatic N) is 6. The van der Waals surface area contributed by atoms with Gasteiger partial charge >= 0.3 is 0 Å². The van der Waals surface area contributed by atoms with Gasteiger partial charge in [-0.1, -0.05) is 11.6 Å². The Balaban J connectivity index is 1.41. The molecule has 3 aromatic rings. The number of aliphatic hydroxyl groups is 1. The third kappa shape index (κ3) is 4.06. The van der Waals surface area contributed by atoms with Gasteiger partial charge in [-0.15, -0.1) is 0 Å². The molecule has 32 heavy (non-hydrogen) atoms. The third-order valence-electron chi connectivity index (χ3n) is 5.60. The predicted molar refractivity (Wildman–Crippen MR) is 118 cm³/mol. The lowest BCUT2D eigenvalue weighted by Crippen LogP contribution is -2.36. The molecule has 0 spiro atoms. The second-order valence-corrected chi connectivity index (χ2v) is 8.25. The van der Waals surface area contributed by atoms with Crippen molar-refractivity contribution < 1.29 is 9.90 Å². The molecule has 3 aromatic heterocycles. The molecule has 1 aliphatic carbocycles. The van der Waals surface area contributed by atoms with Gasteiger partial charge in [-0.25, -0.2) is 4.98 Å². The highest BCUT2D eigenvalue weighted by molar-refractivity contribution is 6.34. The van der Waals surface area contributed by atoms with E-state index in [2.05, 4.69) is 31.9 Å². The van der Waals surface area contributed by atoms with Gasteiger partial charge in [0.1, 0.15) is 28.3 Å². The molecule has 0 atom stereocenters. The molecular formula is C20H24ClN9O2. The van der Waals surface area contributed by atoms with Crippen LogP contribution in [0.5, 0.6) is 0 Å². The fourth-order valence-corrected chi connectivity index (χ4v) is 3.70. The van der Waals surface area contributed by atoms with Crippen LogP contribution in [0, 0.1) is 18.3 Å². The summed E-state index contributed by atoms with van der Waals surface area (Å²) < 4.78 is 3.27. The number of hydrogen-bond donors (Lipinski definition) is 4. The van der Waals surface area contributed by atoms with E-state index in [9.17, 15) is 10.1 Å². The highest BCUT2D eigenvalue weighted by Gasteiger charge is 2.45. The van der Waals surface area contributed by atoms with Gasteiger partial charge in [-0.3, -0.25) is 9.48 Å². The molecule has 4 rings (SSSR count). The number of hydrogen-bond acceptors (Lipinski definition) is 8. The van der Waals surface area contributed by atoms with E-state index >= 15 is 0 Å². The van der Waals surface area contributed by atoms with Crippen LogP contribution < -0.4 is 16.4 Å². The van der Waals surface area contributed by atoms with Gasteiger partial charge in [0.25, 0.3) is 0 Å². The van der Waals surface area contributed by atoms with E-state index < -0.39 is 0 Å². The number of carbonyl (C=O) groups is 1. The van der Waals surface area contributed by atoms with Crippen LogP contribution in [0.2, 0.25) is 5.02 Å². The van der Waals surface area contributed by atoms with Crippen LogP contribution >= 0.6 is 11.6 Å². The van der Waals surface area contributed by atoms with E-state index in [0.29, 0.717) is 41.7 Å². The average molecular weight is 458 g/mol. The maximum absolute atomic E-state index is 11.7. The number of nitrogens with two attached hydrogens (primary N) is 1. The smallest absolute Gasteiger partial charge is 0.222 e. The summed E-state index contributed by atoms with van der Waals surface area (Å²) in [7, 11) is 0. The lowest BCUT2D eigenvalue weighted by Gasteiger charge is -2.16. The minimum Gasteiger partial charge on any atom is -0.396 e. The minimum atomic E-state index is -0.192. The molecular weight excluding hydrogens is 434 g/mol. The standard InChI is InChI=1S/C20H24ClN9O2/c1-12-16(21)19-26-18(14(10-22)17(23)30(19)27-12)24-7-2-13-3-8-29(28-13)20(5-6-20)11-25-15(32)4-9-31/h3,8,31H,2,4-7,9,11,23H2,1H3,(H,24,26)(H,25,32). The summed E-state index contributed by atoms with van der Waals surface area (Å²) in [4.78, 5) is 16.1. The van der Waals surface area contributed by atoms with Crippen molar-refractivity contribution >= 4 is 34.8 Å². The van der Waals surface area contributed by atoms with Gasteiger partial charge in [0, 0.05) is 32.1 Å². The van der Waals surface area contributed by atoms with Crippen LogP contribution in [-0.2, 0) is 16.8 Å². The van der Waals surface area contributed by atoms with Crippen LogP contribution in [0.1, 0.15) is 36.2 Å². The van der Waals surface area contributed by atoms with Crippen molar-refractivity contribution in [1.82, 2.24) is 29.7 Å². The average Bonchev–Trinajstić information content (AvgIpc) is 3.32. The Hall–Kier alpha value is -3.36. The van der Waals surface area contributed by atoms with E-state index in [-0.39, 0.29) is 35.9 Å². The number of aromatic nitrogens is 5. The molecule has 12 heteroatoms. The number of aryl methyl sites for hydroxylation is 1. The second-order valence-electron chi connectivity index (χ2n) is 7.87. The minimum absolute atomic E-state index is 0.102. The fourth-order valence-electron chi connectivity index (χ4n) is 3.54. The maximum atomic E-state index is 11.7. The molecule has 0 bridgehead atoms. The Morgan fingerprint density at radius 3 is 2.91 bits per heavy atom. The number of carbonyl (C=O) groups excluding carboxylic acids is 1. The number of halogens is 1. The van der Waals surface area contributed by atoms with Crippen molar-refractivity contribution in [3.63, 3.8) is 0 Å². The van der Waals surface area contributed by atoms with E-state index in [1.54, 1.807) is 6.92 Å². The first-order chi connectivity index (χ1) is 15.4. The van der Waals surface area contributed by atoms with Gasteiger partial charge < -0.3 is 21.5 Å². The van der Waals surface area contributed by atoms with E-state index in [0.717, 1.165) is 18.5 Å².